The van der Waals surface area contributed by atoms with Gasteiger partial charge in [0.15, 0.2) is 23.0 Å². The first-order valence-electron chi connectivity index (χ1n) is 9.74. The van der Waals surface area contributed by atoms with Gasteiger partial charge in [0, 0.05) is 18.2 Å². The van der Waals surface area contributed by atoms with Gasteiger partial charge in [0.2, 0.25) is 15.9 Å². The fourth-order valence-electron chi connectivity index (χ4n) is 3.02. The number of hydrogen-bond acceptors (Lipinski definition) is 8. The van der Waals surface area contributed by atoms with Crippen molar-refractivity contribution in [3.05, 3.63) is 60.4 Å². The second kappa shape index (κ2) is 9.38. The van der Waals surface area contributed by atoms with Crippen LogP contribution in [-0.2, 0) is 10.0 Å². The van der Waals surface area contributed by atoms with Crippen molar-refractivity contribution in [1.82, 2.24) is 24.5 Å². The van der Waals surface area contributed by atoms with Crippen LogP contribution in [0.5, 0.6) is 17.4 Å². The molecule has 0 aliphatic rings. The molecule has 0 saturated carbocycles. The molecule has 0 bridgehead atoms. The Labute approximate surface area is 189 Å². The van der Waals surface area contributed by atoms with Crippen LogP contribution in [-0.4, -0.2) is 55.6 Å². The monoisotopic (exact) mass is 473 g/mol. The Kier molecular flexibility index (Phi) is 6.38. The number of nitrogens with zero attached hydrogens (tertiary/aromatic N) is 4. The molecule has 4 aromatic rings. The summed E-state index contributed by atoms with van der Waals surface area (Å²) in [5.74, 6) is 0.606. The first-order chi connectivity index (χ1) is 15.9. The smallest absolute Gasteiger partial charge is 0.240 e. The molecule has 0 fully saturated rings. The van der Waals surface area contributed by atoms with Crippen LogP contribution in [0, 0.1) is 5.82 Å². The summed E-state index contributed by atoms with van der Waals surface area (Å²) in [4.78, 5) is -0.215. The van der Waals surface area contributed by atoms with E-state index in [0.717, 1.165) is 11.6 Å². The third-order valence-corrected chi connectivity index (χ3v) is 6.10. The number of rotatable bonds is 9. The number of hydrogen-bond donors (Lipinski definition) is 1. The molecule has 0 spiro atoms. The summed E-state index contributed by atoms with van der Waals surface area (Å²) < 4.78 is 58.1. The second-order valence-corrected chi connectivity index (χ2v) is 8.51. The van der Waals surface area contributed by atoms with Gasteiger partial charge in [0.05, 0.1) is 19.1 Å². The highest BCUT2D eigenvalue weighted by Crippen LogP contribution is 2.23. The van der Waals surface area contributed by atoms with E-state index in [2.05, 4.69) is 20.0 Å². The van der Waals surface area contributed by atoms with Crippen molar-refractivity contribution in [3.63, 3.8) is 0 Å². The van der Waals surface area contributed by atoms with Crippen molar-refractivity contribution in [1.29, 1.82) is 0 Å². The minimum Gasteiger partial charge on any atom is -0.497 e. The van der Waals surface area contributed by atoms with Crippen LogP contribution in [0.15, 0.2) is 59.5 Å². The molecule has 2 heterocycles. The molecular weight excluding hydrogens is 453 g/mol. The lowest BCUT2D eigenvalue weighted by molar-refractivity contribution is 0.306. The maximum atomic E-state index is 13.8. The molecule has 33 heavy (non-hydrogen) atoms. The summed E-state index contributed by atoms with van der Waals surface area (Å²) >= 11 is 0. The highest BCUT2D eigenvalue weighted by molar-refractivity contribution is 7.89. The predicted octanol–water partition coefficient (Wildman–Crippen LogP) is 2.30. The average molecular weight is 473 g/mol. The van der Waals surface area contributed by atoms with Crippen molar-refractivity contribution >= 4 is 15.7 Å². The van der Waals surface area contributed by atoms with Crippen LogP contribution in [0.1, 0.15) is 0 Å². The van der Waals surface area contributed by atoms with Gasteiger partial charge >= 0.3 is 0 Å². The van der Waals surface area contributed by atoms with Crippen LogP contribution < -0.4 is 18.9 Å². The average Bonchev–Trinajstić information content (AvgIpc) is 3.25. The zero-order valence-corrected chi connectivity index (χ0v) is 18.5. The molecule has 4 rings (SSSR count). The first kappa shape index (κ1) is 22.4. The van der Waals surface area contributed by atoms with Gasteiger partial charge in [0.1, 0.15) is 12.4 Å². The molecule has 0 aliphatic heterocycles. The number of ether oxygens (including phenoxy) is 3. The number of sulfonamides is 1. The van der Waals surface area contributed by atoms with E-state index in [1.54, 1.807) is 19.2 Å². The predicted molar refractivity (Wildman–Crippen MR) is 116 cm³/mol. The van der Waals surface area contributed by atoms with Crippen molar-refractivity contribution in [2.24, 2.45) is 0 Å². The molecule has 172 valence electrons. The number of benzene rings is 2. The highest BCUT2D eigenvalue weighted by atomic mass is 32.2. The van der Waals surface area contributed by atoms with Crippen molar-refractivity contribution in [2.45, 2.75) is 4.90 Å². The van der Waals surface area contributed by atoms with E-state index in [1.165, 1.54) is 23.8 Å². The largest absolute Gasteiger partial charge is 0.497 e. The molecule has 0 radical (unpaired) electrons. The van der Waals surface area contributed by atoms with E-state index in [0.29, 0.717) is 17.2 Å². The van der Waals surface area contributed by atoms with Crippen molar-refractivity contribution in [3.8, 4) is 28.8 Å². The Balaban J connectivity index is 1.43. The molecule has 0 aliphatic carbocycles. The Bertz CT molecular complexity index is 1390. The van der Waals surface area contributed by atoms with E-state index >= 15 is 0 Å². The summed E-state index contributed by atoms with van der Waals surface area (Å²) in [6.07, 6.45) is 0. The molecule has 1 N–H and O–H groups in total. The number of methoxy groups -OCH3 is 2. The van der Waals surface area contributed by atoms with Crippen LogP contribution in [0.4, 0.5) is 4.39 Å². The van der Waals surface area contributed by atoms with Gasteiger partial charge in [-0.05, 0) is 36.4 Å². The summed E-state index contributed by atoms with van der Waals surface area (Å²) in [6, 6.07) is 14.0. The molecule has 0 amide bonds. The van der Waals surface area contributed by atoms with Gasteiger partial charge < -0.3 is 14.2 Å². The Morgan fingerprint density at radius 1 is 1.03 bits per heavy atom. The molecule has 2 aromatic carbocycles. The zero-order chi connectivity index (χ0) is 23.4. The van der Waals surface area contributed by atoms with Crippen LogP contribution in [0.2, 0.25) is 0 Å². The number of fused-ring (bicyclic) bond motifs is 1. The Morgan fingerprint density at radius 2 is 1.88 bits per heavy atom. The number of nitrogens with one attached hydrogen (secondary N) is 1. The van der Waals surface area contributed by atoms with Crippen LogP contribution in [0.3, 0.4) is 0 Å². The lowest BCUT2D eigenvalue weighted by Gasteiger charge is -2.09. The Morgan fingerprint density at radius 3 is 2.64 bits per heavy atom. The minimum atomic E-state index is -3.92. The fraction of sp³-hybridized carbons (Fsp3) is 0.190. The van der Waals surface area contributed by atoms with Gasteiger partial charge in [-0.3, -0.25) is 0 Å². The van der Waals surface area contributed by atoms with Gasteiger partial charge in [-0.2, -0.15) is 4.52 Å². The molecule has 0 atom stereocenters. The van der Waals surface area contributed by atoms with Gasteiger partial charge in [-0.1, -0.05) is 12.1 Å². The first-order valence-corrected chi connectivity index (χ1v) is 11.2. The molecular formula is C21H20FN5O5S. The molecule has 0 unspecified atom stereocenters. The topological polar surface area (TPSA) is 117 Å². The summed E-state index contributed by atoms with van der Waals surface area (Å²) in [7, 11) is -1.05. The summed E-state index contributed by atoms with van der Waals surface area (Å²) in [5, 5.41) is 12.6. The molecule has 0 saturated heterocycles. The quantitative estimate of drug-likeness (QED) is 0.368. The number of aromatic nitrogens is 4. The maximum absolute atomic E-state index is 13.8. The van der Waals surface area contributed by atoms with E-state index in [9.17, 15) is 12.8 Å². The van der Waals surface area contributed by atoms with Gasteiger partial charge in [-0.25, -0.2) is 17.5 Å². The van der Waals surface area contributed by atoms with Crippen molar-refractivity contribution in [2.75, 3.05) is 27.4 Å². The summed E-state index contributed by atoms with van der Waals surface area (Å²) in [5.41, 5.74) is 1.27. The third kappa shape index (κ3) is 4.86. The molecule has 2 aromatic heterocycles. The fourth-order valence-corrected chi connectivity index (χ4v) is 4.04. The maximum Gasteiger partial charge on any atom is 0.240 e. The summed E-state index contributed by atoms with van der Waals surface area (Å²) in [6.45, 7) is -0.0619. The normalized spacial score (nSPS) is 11.5. The zero-order valence-electron chi connectivity index (χ0n) is 17.7. The van der Waals surface area contributed by atoms with E-state index in [1.807, 2.05) is 24.3 Å². The second-order valence-electron chi connectivity index (χ2n) is 6.74. The lowest BCUT2D eigenvalue weighted by atomic mass is 10.2. The number of halogens is 1. The minimum absolute atomic E-state index is 0.00695. The standard InChI is InChI=1S/C21H20FN5O5S/c1-30-15-5-3-4-14(12-15)21-25-24-19-8-9-20(26-27(19)21)32-11-10-23-33(28,29)16-6-7-18(31-2)17(22)13-16/h3-9,12-13,23H,10-11H2,1-2H3. The van der Waals surface area contributed by atoms with Crippen LogP contribution >= 0.6 is 0 Å². The van der Waals surface area contributed by atoms with Crippen molar-refractivity contribution < 1.29 is 27.0 Å². The van der Waals surface area contributed by atoms with E-state index < -0.39 is 15.8 Å². The van der Waals surface area contributed by atoms with Gasteiger partial charge in [-0.15, -0.1) is 15.3 Å². The Hall–Kier alpha value is -3.77. The van der Waals surface area contributed by atoms with E-state index in [4.69, 9.17) is 14.2 Å². The van der Waals surface area contributed by atoms with Crippen LogP contribution in [0.25, 0.3) is 17.0 Å². The SMILES string of the molecule is COc1cccc(-c2nnc3ccc(OCCNS(=O)(=O)c4ccc(OC)c(F)c4)nn23)c1. The van der Waals surface area contributed by atoms with E-state index in [-0.39, 0.29) is 29.7 Å². The molecule has 12 heteroatoms. The highest BCUT2D eigenvalue weighted by Gasteiger charge is 2.16. The molecule has 10 nitrogen and oxygen atoms in total. The lowest BCUT2D eigenvalue weighted by Crippen LogP contribution is -2.28. The van der Waals surface area contributed by atoms with Gasteiger partial charge in [0.25, 0.3) is 0 Å². The third-order valence-electron chi connectivity index (χ3n) is 4.64.